The van der Waals surface area contributed by atoms with E-state index >= 15 is 0 Å². The summed E-state index contributed by atoms with van der Waals surface area (Å²) in [7, 11) is -3.43. The third-order valence-electron chi connectivity index (χ3n) is 2.01. The first-order chi connectivity index (χ1) is 8.45. The van der Waals surface area contributed by atoms with Crippen LogP contribution in [0, 0.1) is 11.8 Å². The Kier molecular flexibility index (Phi) is 5.20. The Morgan fingerprint density at radius 1 is 1.28 bits per heavy atom. The van der Waals surface area contributed by atoms with Crippen LogP contribution in [0.15, 0.2) is 29.2 Å². The summed E-state index contributed by atoms with van der Waals surface area (Å²) in [5, 5.41) is 0. The average Bonchev–Trinajstić information content (AvgIpc) is 2.28. The van der Waals surface area contributed by atoms with Crippen LogP contribution in [0.1, 0.15) is 20.8 Å². The Labute approximate surface area is 108 Å². The van der Waals surface area contributed by atoms with Crippen LogP contribution in [0.25, 0.3) is 0 Å². The van der Waals surface area contributed by atoms with Crippen LogP contribution in [0.5, 0.6) is 5.75 Å². The lowest BCUT2D eigenvalue weighted by atomic mass is 10.3. The zero-order valence-corrected chi connectivity index (χ0v) is 11.5. The minimum atomic E-state index is -3.43. The molecule has 1 aromatic carbocycles. The molecule has 1 aromatic rings. The number of benzene rings is 1. The molecule has 0 atom stereocenters. The van der Waals surface area contributed by atoms with Crippen molar-refractivity contribution in [3.8, 4) is 17.6 Å². The summed E-state index contributed by atoms with van der Waals surface area (Å²) in [6.07, 6.45) is 0. The second-order valence-electron chi connectivity index (χ2n) is 3.96. The minimum absolute atomic E-state index is 0.134. The monoisotopic (exact) mass is 267 g/mol. The Hall–Kier alpha value is -1.51. The molecule has 0 aromatic heterocycles. The number of nitrogens with one attached hydrogen (secondary N) is 1. The second kappa shape index (κ2) is 6.43. The van der Waals surface area contributed by atoms with Gasteiger partial charge in [-0.05, 0) is 45.0 Å². The highest BCUT2D eigenvalue weighted by molar-refractivity contribution is 7.89. The zero-order valence-electron chi connectivity index (χ0n) is 10.7. The molecule has 0 aliphatic carbocycles. The molecule has 0 aliphatic rings. The lowest BCUT2D eigenvalue weighted by molar-refractivity contribution is 0.370. The van der Waals surface area contributed by atoms with E-state index in [4.69, 9.17) is 4.74 Å². The lowest BCUT2D eigenvalue weighted by Crippen LogP contribution is -2.30. The van der Waals surface area contributed by atoms with E-state index in [1.807, 2.05) is 0 Å². The number of ether oxygens (including phenoxy) is 1. The summed E-state index contributed by atoms with van der Waals surface area (Å²) in [5.41, 5.74) is 0. The fourth-order valence-corrected chi connectivity index (χ4v) is 2.54. The Balaban J connectivity index is 2.78. The van der Waals surface area contributed by atoms with Gasteiger partial charge in [0.05, 0.1) is 4.90 Å². The van der Waals surface area contributed by atoms with Gasteiger partial charge in [0, 0.05) is 6.04 Å². The highest BCUT2D eigenvalue weighted by Crippen LogP contribution is 2.15. The van der Waals surface area contributed by atoms with Crippen molar-refractivity contribution in [3.63, 3.8) is 0 Å². The van der Waals surface area contributed by atoms with E-state index in [9.17, 15) is 8.42 Å². The third-order valence-corrected chi connectivity index (χ3v) is 3.69. The molecule has 0 spiro atoms. The second-order valence-corrected chi connectivity index (χ2v) is 5.68. The smallest absolute Gasteiger partial charge is 0.240 e. The van der Waals surface area contributed by atoms with Gasteiger partial charge < -0.3 is 4.74 Å². The van der Waals surface area contributed by atoms with Crippen molar-refractivity contribution in [2.45, 2.75) is 31.7 Å². The molecule has 4 nitrogen and oxygen atoms in total. The summed E-state index contributed by atoms with van der Waals surface area (Å²) in [6, 6.07) is 6.13. The van der Waals surface area contributed by atoms with Crippen molar-refractivity contribution < 1.29 is 13.2 Å². The molecule has 0 saturated carbocycles. The van der Waals surface area contributed by atoms with Gasteiger partial charge in [0.1, 0.15) is 12.4 Å². The molecular formula is C13H17NO3S. The molecule has 18 heavy (non-hydrogen) atoms. The molecule has 0 saturated heterocycles. The van der Waals surface area contributed by atoms with Crippen LogP contribution in [0.3, 0.4) is 0 Å². The number of rotatable bonds is 5. The van der Waals surface area contributed by atoms with Crippen molar-refractivity contribution in [3.05, 3.63) is 24.3 Å². The number of sulfonamides is 1. The Bertz CT molecular complexity index is 536. The van der Waals surface area contributed by atoms with E-state index in [0.717, 1.165) is 0 Å². The van der Waals surface area contributed by atoms with Gasteiger partial charge in [-0.1, -0.05) is 5.92 Å². The van der Waals surface area contributed by atoms with Gasteiger partial charge in [0.2, 0.25) is 10.0 Å². The molecule has 0 aliphatic heterocycles. The molecule has 0 unspecified atom stereocenters. The van der Waals surface area contributed by atoms with E-state index in [-0.39, 0.29) is 10.9 Å². The van der Waals surface area contributed by atoms with Crippen molar-refractivity contribution >= 4 is 10.0 Å². The molecule has 1 rings (SSSR count). The Morgan fingerprint density at radius 3 is 2.39 bits per heavy atom. The van der Waals surface area contributed by atoms with E-state index in [1.54, 1.807) is 32.9 Å². The van der Waals surface area contributed by atoms with Crippen LogP contribution in [0.2, 0.25) is 0 Å². The van der Waals surface area contributed by atoms with Gasteiger partial charge in [0.15, 0.2) is 0 Å². The first kappa shape index (κ1) is 14.6. The maximum atomic E-state index is 11.8. The minimum Gasteiger partial charge on any atom is -0.481 e. The molecule has 0 amide bonds. The molecule has 0 fully saturated rings. The van der Waals surface area contributed by atoms with Gasteiger partial charge >= 0.3 is 0 Å². The SMILES string of the molecule is CC#CCOc1ccc(S(=O)(=O)NC(C)C)cc1. The van der Waals surface area contributed by atoms with Crippen LogP contribution < -0.4 is 9.46 Å². The predicted octanol–water partition coefficient (Wildman–Crippen LogP) is 1.78. The van der Waals surface area contributed by atoms with Gasteiger partial charge in [-0.2, -0.15) is 0 Å². The maximum absolute atomic E-state index is 11.8. The zero-order chi connectivity index (χ0) is 13.6. The largest absolute Gasteiger partial charge is 0.481 e. The number of hydrogen-bond donors (Lipinski definition) is 1. The summed E-state index contributed by atoms with van der Waals surface area (Å²) >= 11 is 0. The van der Waals surface area contributed by atoms with E-state index in [1.165, 1.54) is 12.1 Å². The van der Waals surface area contributed by atoms with Crippen molar-refractivity contribution in [2.24, 2.45) is 0 Å². The Morgan fingerprint density at radius 2 is 1.89 bits per heavy atom. The molecule has 1 N–H and O–H groups in total. The summed E-state index contributed by atoms with van der Waals surface area (Å²) in [5.74, 6) is 6.08. The standard InChI is InChI=1S/C13H17NO3S/c1-4-5-10-17-12-6-8-13(9-7-12)18(15,16)14-11(2)3/h6-9,11,14H,10H2,1-3H3. The highest BCUT2D eigenvalue weighted by atomic mass is 32.2. The van der Waals surface area contributed by atoms with Crippen molar-refractivity contribution in [1.29, 1.82) is 0 Å². The molecule has 0 heterocycles. The van der Waals surface area contributed by atoms with Crippen LogP contribution in [-0.4, -0.2) is 21.1 Å². The van der Waals surface area contributed by atoms with E-state index < -0.39 is 10.0 Å². The normalized spacial score (nSPS) is 10.9. The molecular weight excluding hydrogens is 250 g/mol. The molecule has 0 radical (unpaired) electrons. The van der Waals surface area contributed by atoms with Gasteiger partial charge in [-0.15, -0.1) is 5.92 Å². The highest BCUT2D eigenvalue weighted by Gasteiger charge is 2.14. The first-order valence-corrected chi connectivity index (χ1v) is 7.09. The first-order valence-electron chi connectivity index (χ1n) is 5.60. The van der Waals surface area contributed by atoms with E-state index in [2.05, 4.69) is 16.6 Å². The fraction of sp³-hybridized carbons (Fsp3) is 0.385. The van der Waals surface area contributed by atoms with Gasteiger partial charge in [-0.25, -0.2) is 13.1 Å². The lowest BCUT2D eigenvalue weighted by Gasteiger charge is -2.10. The summed E-state index contributed by atoms with van der Waals surface area (Å²) < 4.78 is 31.5. The summed E-state index contributed by atoms with van der Waals surface area (Å²) in [6.45, 7) is 5.58. The van der Waals surface area contributed by atoms with E-state index in [0.29, 0.717) is 12.4 Å². The summed E-state index contributed by atoms with van der Waals surface area (Å²) in [4.78, 5) is 0.227. The molecule has 98 valence electrons. The van der Waals surface area contributed by atoms with Crippen molar-refractivity contribution in [2.75, 3.05) is 6.61 Å². The topological polar surface area (TPSA) is 55.4 Å². The van der Waals surface area contributed by atoms with Gasteiger partial charge in [0.25, 0.3) is 0 Å². The van der Waals surface area contributed by atoms with Crippen LogP contribution >= 0.6 is 0 Å². The third kappa shape index (κ3) is 4.40. The maximum Gasteiger partial charge on any atom is 0.240 e. The predicted molar refractivity (Wildman–Crippen MR) is 70.8 cm³/mol. The fourth-order valence-electron chi connectivity index (χ4n) is 1.28. The quantitative estimate of drug-likeness (QED) is 0.827. The van der Waals surface area contributed by atoms with Gasteiger partial charge in [-0.3, -0.25) is 0 Å². The molecule has 0 bridgehead atoms. The van der Waals surface area contributed by atoms with Crippen molar-refractivity contribution in [1.82, 2.24) is 4.72 Å². The number of hydrogen-bond acceptors (Lipinski definition) is 3. The van der Waals surface area contributed by atoms with Crippen LogP contribution in [-0.2, 0) is 10.0 Å². The molecule has 5 heteroatoms. The average molecular weight is 267 g/mol. The van der Waals surface area contributed by atoms with Crippen LogP contribution in [0.4, 0.5) is 0 Å².